The molecule has 1 atom stereocenters. The van der Waals surface area contributed by atoms with Crippen molar-refractivity contribution in [1.82, 2.24) is 0 Å². The molecule has 3 aromatic rings. The second-order valence-electron chi connectivity index (χ2n) is 6.85. The fourth-order valence-corrected chi connectivity index (χ4v) is 2.82. The number of benzene rings is 3. The van der Waals surface area contributed by atoms with E-state index >= 15 is 0 Å². The summed E-state index contributed by atoms with van der Waals surface area (Å²) in [5.74, 6) is 1.63. The predicted octanol–water partition coefficient (Wildman–Crippen LogP) is 5.24. The summed E-state index contributed by atoms with van der Waals surface area (Å²) in [4.78, 5) is 12.1. The van der Waals surface area contributed by atoms with Gasteiger partial charge >= 0.3 is 0 Å². The largest absolute Gasteiger partial charge is 0.504 e. The summed E-state index contributed by atoms with van der Waals surface area (Å²) < 4.78 is 10.8. The number of hydrogen-bond donors (Lipinski definition) is 2. The summed E-state index contributed by atoms with van der Waals surface area (Å²) in [6.45, 7) is 0. The van der Waals surface area contributed by atoms with E-state index in [-0.39, 0.29) is 18.0 Å². The van der Waals surface area contributed by atoms with Crippen molar-refractivity contribution in [2.75, 3.05) is 7.11 Å². The molecule has 1 unspecified atom stereocenters. The van der Waals surface area contributed by atoms with Gasteiger partial charge in [0.25, 0.3) is 0 Å². The van der Waals surface area contributed by atoms with Gasteiger partial charge in [0.2, 0.25) is 0 Å². The SMILES string of the molecule is COc1cc(C=CC(=O)CC(O)C=Cc2ccc(Oc3ccccc3)cc2)ccc1O. The zero-order valence-electron chi connectivity index (χ0n) is 17.1. The molecule has 158 valence electrons. The minimum Gasteiger partial charge on any atom is -0.504 e. The molecule has 3 rings (SSSR count). The van der Waals surface area contributed by atoms with Crippen molar-refractivity contribution in [2.45, 2.75) is 12.5 Å². The van der Waals surface area contributed by atoms with E-state index in [0.717, 1.165) is 17.1 Å². The van der Waals surface area contributed by atoms with Gasteiger partial charge in [0.05, 0.1) is 13.2 Å². The number of hydrogen-bond acceptors (Lipinski definition) is 5. The number of aliphatic hydroxyl groups is 1. The van der Waals surface area contributed by atoms with Crippen LogP contribution in [0.1, 0.15) is 17.5 Å². The average Bonchev–Trinajstić information content (AvgIpc) is 2.79. The molecule has 0 aliphatic heterocycles. The topological polar surface area (TPSA) is 76.0 Å². The number of phenols is 1. The van der Waals surface area contributed by atoms with Crippen molar-refractivity contribution in [3.8, 4) is 23.0 Å². The maximum Gasteiger partial charge on any atom is 0.161 e. The molecule has 5 nitrogen and oxygen atoms in total. The Bertz CT molecular complexity index is 1050. The smallest absolute Gasteiger partial charge is 0.161 e. The van der Waals surface area contributed by atoms with Crippen molar-refractivity contribution in [2.24, 2.45) is 0 Å². The third-order valence-corrected chi connectivity index (χ3v) is 4.45. The van der Waals surface area contributed by atoms with Gasteiger partial charge in [0.15, 0.2) is 17.3 Å². The third kappa shape index (κ3) is 6.87. The van der Waals surface area contributed by atoms with Gasteiger partial charge in [-0.2, -0.15) is 0 Å². The van der Waals surface area contributed by atoms with E-state index in [0.29, 0.717) is 11.3 Å². The molecule has 0 spiro atoms. The normalized spacial score (nSPS) is 12.2. The van der Waals surface area contributed by atoms with Crippen molar-refractivity contribution in [3.63, 3.8) is 0 Å². The number of carbonyl (C=O) groups excluding carboxylic acids is 1. The van der Waals surface area contributed by atoms with E-state index in [1.54, 1.807) is 30.4 Å². The molecular weight excluding hydrogens is 392 g/mol. The highest BCUT2D eigenvalue weighted by atomic mass is 16.5. The van der Waals surface area contributed by atoms with E-state index in [2.05, 4.69) is 0 Å². The van der Waals surface area contributed by atoms with Crippen LogP contribution in [-0.2, 0) is 4.79 Å². The standard InChI is InChI=1S/C26H24O5/c1-30-26-17-20(11-16-25(26)29)8-13-22(28)18-21(27)12-7-19-9-14-24(15-10-19)31-23-5-3-2-4-6-23/h2-17,21,27,29H,18H2,1H3. The van der Waals surface area contributed by atoms with E-state index in [1.807, 2.05) is 54.6 Å². The molecule has 0 heterocycles. The van der Waals surface area contributed by atoms with Crippen molar-refractivity contribution >= 4 is 17.9 Å². The first-order valence-electron chi connectivity index (χ1n) is 9.80. The summed E-state index contributed by atoms with van der Waals surface area (Å²) in [5, 5.41) is 19.7. The number of ketones is 1. The Balaban J connectivity index is 1.51. The third-order valence-electron chi connectivity index (χ3n) is 4.45. The first-order chi connectivity index (χ1) is 15.0. The minimum atomic E-state index is -0.897. The summed E-state index contributed by atoms with van der Waals surface area (Å²) in [6.07, 6.45) is 5.44. The van der Waals surface area contributed by atoms with Crippen molar-refractivity contribution < 1.29 is 24.5 Å². The highest BCUT2D eigenvalue weighted by Crippen LogP contribution is 2.26. The van der Waals surface area contributed by atoms with Gasteiger partial charge in [-0.05, 0) is 53.6 Å². The zero-order valence-corrected chi connectivity index (χ0v) is 17.1. The van der Waals surface area contributed by atoms with Crippen LogP contribution in [0.3, 0.4) is 0 Å². The lowest BCUT2D eigenvalue weighted by molar-refractivity contribution is -0.115. The highest BCUT2D eigenvalue weighted by molar-refractivity contribution is 5.94. The fourth-order valence-electron chi connectivity index (χ4n) is 2.82. The van der Waals surface area contributed by atoms with Gasteiger partial charge in [-0.25, -0.2) is 0 Å². The second kappa shape index (κ2) is 10.8. The van der Waals surface area contributed by atoms with Gasteiger partial charge in [0.1, 0.15) is 11.5 Å². The predicted molar refractivity (Wildman–Crippen MR) is 121 cm³/mol. The van der Waals surface area contributed by atoms with Crippen LogP contribution in [0, 0.1) is 0 Å². The van der Waals surface area contributed by atoms with E-state index in [1.165, 1.54) is 19.3 Å². The molecule has 0 aliphatic rings. The number of methoxy groups -OCH3 is 1. The molecule has 0 aliphatic carbocycles. The van der Waals surface area contributed by atoms with Crippen LogP contribution in [0.15, 0.2) is 84.9 Å². The van der Waals surface area contributed by atoms with Crippen LogP contribution in [0.4, 0.5) is 0 Å². The molecule has 0 fully saturated rings. The number of para-hydroxylation sites is 1. The van der Waals surface area contributed by atoms with Crippen LogP contribution >= 0.6 is 0 Å². The molecule has 0 saturated heterocycles. The number of phenolic OH excluding ortho intramolecular Hbond substituents is 1. The molecule has 31 heavy (non-hydrogen) atoms. The number of allylic oxidation sites excluding steroid dienone is 1. The molecule has 0 aromatic heterocycles. The van der Waals surface area contributed by atoms with E-state index < -0.39 is 6.10 Å². The molecule has 5 heteroatoms. The molecule has 2 N–H and O–H groups in total. The summed E-state index contributed by atoms with van der Waals surface area (Å²) in [5.41, 5.74) is 1.60. The maximum absolute atomic E-state index is 12.1. The Hall–Kier alpha value is -3.83. The van der Waals surface area contributed by atoms with Crippen molar-refractivity contribution in [1.29, 1.82) is 0 Å². The first kappa shape index (κ1) is 21.9. The van der Waals surface area contributed by atoms with Crippen LogP contribution in [0.25, 0.3) is 12.2 Å². The van der Waals surface area contributed by atoms with Crippen LogP contribution < -0.4 is 9.47 Å². The Kier molecular flexibility index (Phi) is 7.62. The minimum absolute atomic E-state index is 0.0303. The Morgan fingerprint density at radius 3 is 2.32 bits per heavy atom. The Morgan fingerprint density at radius 2 is 1.61 bits per heavy atom. The van der Waals surface area contributed by atoms with E-state index in [4.69, 9.17) is 9.47 Å². The number of aromatic hydroxyl groups is 1. The lowest BCUT2D eigenvalue weighted by Gasteiger charge is -2.06. The van der Waals surface area contributed by atoms with Crippen LogP contribution in [-0.4, -0.2) is 29.2 Å². The summed E-state index contributed by atoms with van der Waals surface area (Å²) in [6, 6.07) is 21.7. The fraction of sp³-hybridized carbons (Fsp3) is 0.115. The van der Waals surface area contributed by atoms with Crippen LogP contribution in [0.5, 0.6) is 23.0 Å². The first-order valence-corrected chi connectivity index (χ1v) is 9.80. The summed E-state index contributed by atoms with van der Waals surface area (Å²) in [7, 11) is 1.46. The van der Waals surface area contributed by atoms with Crippen LogP contribution in [0.2, 0.25) is 0 Å². The number of aliphatic hydroxyl groups excluding tert-OH is 1. The lowest BCUT2D eigenvalue weighted by atomic mass is 10.1. The number of carbonyl (C=O) groups is 1. The van der Waals surface area contributed by atoms with Gasteiger partial charge < -0.3 is 19.7 Å². The molecule has 0 bridgehead atoms. The number of rotatable bonds is 9. The van der Waals surface area contributed by atoms with Gasteiger partial charge in [0, 0.05) is 6.42 Å². The zero-order chi connectivity index (χ0) is 22.1. The lowest BCUT2D eigenvalue weighted by Crippen LogP contribution is -2.08. The molecule has 3 aromatic carbocycles. The molecular formula is C26H24O5. The number of ether oxygens (including phenoxy) is 2. The van der Waals surface area contributed by atoms with E-state index in [9.17, 15) is 15.0 Å². The average molecular weight is 416 g/mol. The summed E-state index contributed by atoms with van der Waals surface area (Å²) >= 11 is 0. The van der Waals surface area contributed by atoms with Gasteiger partial charge in [-0.15, -0.1) is 0 Å². The monoisotopic (exact) mass is 416 g/mol. The second-order valence-corrected chi connectivity index (χ2v) is 6.85. The van der Waals surface area contributed by atoms with Gasteiger partial charge in [-0.3, -0.25) is 4.79 Å². The van der Waals surface area contributed by atoms with Crippen molar-refractivity contribution in [3.05, 3.63) is 96.1 Å². The molecule has 0 amide bonds. The maximum atomic E-state index is 12.1. The Morgan fingerprint density at radius 1 is 0.935 bits per heavy atom. The Labute approximate surface area is 181 Å². The van der Waals surface area contributed by atoms with Gasteiger partial charge in [-0.1, -0.05) is 54.6 Å². The highest BCUT2D eigenvalue weighted by Gasteiger charge is 2.06. The quantitative estimate of drug-likeness (QED) is 0.467. The molecule has 0 saturated carbocycles. The molecule has 0 radical (unpaired) electrons.